The molecule has 0 aliphatic heterocycles. The summed E-state index contributed by atoms with van der Waals surface area (Å²) in [5.41, 5.74) is 0.585. The molecule has 0 spiro atoms. The number of imidazole rings is 1. The van der Waals surface area contributed by atoms with E-state index in [0.717, 1.165) is 0 Å². The van der Waals surface area contributed by atoms with E-state index in [2.05, 4.69) is 9.72 Å². The molecular weight excluding hydrogens is 256 g/mol. The van der Waals surface area contributed by atoms with Crippen molar-refractivity contribution in [1.29, 1.82) is 0 Å². The number of rotatable bonds is 3. The average molecular weight is 267 g/mol. The fourth-order valence-electron chi connectivity index (χ4n) is 1.75. The molecule has 0 saturated heterocycles. The number of methoxy groups -OCH3 is 1. The van der Waals surface area contributed by atoms with Crippen molar-refractivity contribution in [2.45, 2.75) is 13.3 Å². The number of hydrogen-bond donors (Lipinski definition) is 0. The van der Waals surface area contributed by atoms with Gasteiger partial charge in [-0.15, -0.1) is 0 Å². The van der Waals surface area contributed by atoms with Crippen LogP contribution in [0.2, 0.25) is 5.02 Å². The molecule has 0 bridgehead atoms. The number of fused-ring (bicyclic) bond motifs is 1. The van der Waals surface area contributed by atoms with Crippen LogP contribution in [0.4, 0.5) is 0 Å². The first-order chi connectivity index (χ1) is 8.54. The van der Waals surface area contributed by atoms with Gasteiger partial charge in [-0.05, 0) is 19.1 Å². The van der Waals surface area contributed by atoms with Gasteiger partial charge in [0.2, 0.25) is 0 Å². The molecule has 0 aromatic carbocycles. The standard InChI is InChI=1S/C12H11ClN2O3/c1-7(16)6-9-14-10(12(17)18-2)11-8(13)4-3-5-15(9)11/h3-5H,6H2,1-2H3. The first-order valence-corrected chi connectivity index (χ1v) is 5.65. The molecule has 0 saturated carbocycles. The normalized spacial score (nSPS) is 10.6. The fourth-order valence-corrected chi connectivity index (χ4v) is 2.00. The quantitative estimate of drug-likeness (QED) is 0.796. The average Bonchev–Trinajstić information content (AvgIpc) is 2.68. The second kappa shape index (κ2) is 4.78. The molecule has 0 aliphatic rings. The molecule has 0 radical (unpaired) electrons. The highest BCUT2D eigenvalue weighted by molar-refractivity contribution is 6.34. The van der Waals surface area contributed by atoms with Crippen molar-refractivity contribution in [1.82, 2.24) is 9.38 Å². The summed E-state index contributed by atoms with van der Waals surface area (Å²) in [6, 6.07) is 3.38. The third-order valence-electron chi connectivity index (χ3n) is 2.47. The summed E-state index contributed by atoms with van der Waals surface area (Å²) in [7, 11) is 1.27. The molecule has 2 heterocycles. The first kappa shape index (κ1) is 12.6. The minimum Gasteiger partial charge on any atom is -0.464 e. The van der Waals surface area contributed by atoms with Gasteiger partial charge in [0.1, 0.15) is 11.6 Å². The predicted molar refractivity (Wildman–Crippen MR) is 65.9 cm³/mol. The summed E-state index contributed by atoms with van der Waals surface area (Å²) in [4.78, 5) is 27.0. The SMILES string of the molecule is COC(=O)c1nc(CC(C)=O)n2cccc(Cl)c12. The molecule has 0 N–H and O–H groups in total. The number of carbonyl (C=O) groups is 2. The van der Waals surface area contributed by atoms with Crippen molar-refractivity contribution in [3.63, 3.8) is 0 Å². The number of aromatic nitrogens is 2. The van der Waals surface area contributed by atoms with Gasteiger partial charge in [-0.3, -0.25) is 4.79 Å². The van der Waals surface area contributed by atoms with E-state index < -0.39 is 5.97 Å². The lowest BCUT2D eigenvalue weighted by atomic mass is 10.3. The number of pyridine rings is 1. The number of nitrogens with zero attached hydrogens (tertiary/aromatic N) is 2. The Morgan fingerprint density at radius 3 is 2.83 bits per heavy atom. The predicted octanol–water partition coefficient (Wildman–Crippen LogP) is 1.91. The van der Waals surface area contributed by atoms with E-state index >= 15 is 0 Å². The Morgan fingerprint density at radius 2 is 2.22 bits per heavy atom. The number of ether oxygens (including phenoxy) is 1. The molecule has 5 nitrogen and oxygen atoms in total. The number of halogens is 1. The van der Waals surface area contributed by atoms with Gasteiger partial charge >= 0.3 is 5.97 Å². The minimum atomic E-state index is -0.574. The Labute approximate surface area is 108 Å². The third-order valence-corrected chi connectivity index (χ3v) is 2.78. The molecule has 2 aromatic rings. The Bertz CT molecular complexity index is 634. The number of hydrogen-bond acceptors (Lipinski definition) is 4. The highest BCUT2D eigenvalue weighted by Crippen LogP contribution is 2.23. The van der Waals surface area contributed by atoms with E-state index in [1.807, 2.05) is 0 Å². The van der Waals surface area contributed by atoms with Crippen molar-refractivity contribution in [3.8, 4) is 0 Å². The number of Topliss-reactive ketones (excluding diaryl/α,β-unsaturated/α-hetero) is 1. The Balaban J connectivity index is 2.71. The molecular formula is C12H11ClN2O3. The Hall–Kier alpha value is -1.88. The Morgan fingerprint density at radius 1 is 1.50 bits per heavy atom. The summed E-state index contributed by atoms with van der Waals surface area (Å²) in [5.74, 6) is -0.144. The van der Waals surface area contributed by atoms with Crippen molar-refractivity contribution in [2.75, 3.05) is 7.11 Å². The lowest BCUT2D eigenvalue weighted by molar-refractivity contribution is -0.116. The Kier molecular flexibility index (Phi) is 3.34. The number of carbonyl (C=O) groups excluding carboxylic acids is 2. The fraction of sp³-hybridized carbons (Fsp3) is 0.250. The monoisotopic (exact) mass is 266 g/mol. The van der Waals surface area contributed by atoms with Crippen molar-refractivity contribution in [2.24, 2.45) is 0 Å². The molecule has 0 aliphatic carbocycles. The highest BCUT2D eigenvalue weighted by atomic mass is 35.5. The van der Waals surface area contributed by atoms with Gasteiger partial charge in [0.15, 0.2) is 5.69 Å². The van der Waals surface area contributed by atoms with Crippen LogP contribution in [0.15, 0.2) is 18.3 Å². The minimum absolute atomic E-state index is 0.0432. The van der Waals surface area contributed by atoms with Crippen molar-refractivity contribution < 1.29 is 14.3 Å². The smallest absolute Gasteiger partial charge is 0.358 e. The summed E-state index contributed by atoms with van der Waals surface area (Å²) >= 11 is 6.06. The third kappa shape index (κ3) is 2.09. The van der Waals surface area contributed by atoms with Crippen LogP contribution in [0, 0.1) is 0 Å². The van der Waals surface area contributed by atoms with Crippen LogP contribution in [-0.4, -0.2) is 28.2 Å². The molecule has 2 rings (SSSR count). The van der Waals surface area contributed by atoms with Gasteiger partial charge in [0.05, 0.1) is 24.1 Å². The maximum absolute atomic E-state index is 11.6. The van der Waals surface area contributed by atoms with E-state index in [0.29, 0.717) is 16.4 Å². The second-order valence-corrected chi connectivity index (χ2v) is 4.23. The van der Waals surface area contributed by atoms with Crippen LogP contribution >= 0.6 is 11.6 Å². The zero-order chi connectivity index (χ0) is 13.3. The van der Waals surface area contributed by atoms with Gasteiger partial charge < -0.3 is 9.14 Å². The zero-order valence-electron chi connectivity index (χ0n) is 9.94. The molecule has 0 fully saturated rings. The molecule has 94 valence electrons. The van der Waals surface area contributed by atoms with Crippen LogP contribution < -0.4 is 0 Å². The van der Waals surface area contributed by atoms with Gasteiger partial charge in [0.25, 0.3) is 0 Å². The lowest BCUT2D eigenvalue weighted by Gasteiger charge is -2.00. The zero-order valence-corrected chi connectivity index (χ0v) is 10.7. The van der Waals surface area contributed by atoms with Gasteiger partial charge in [-0.1, -0.05) is 11.6 Å². The highest BCUT2D eigenvalue weighted by Gasteiger charge is 2.20. The largest absolute Gasteiger partial charge is 0.464 e. The van der Waals surface area contributed by atoms with Crippen molar-refractivity contribution >= 4 is 28.9 Å². The van der Waals surface area contributed by atoms with E-state index in [9.17, 15) is 9.59 Å². The number of esters is 1. The van der Waals surface area contributed by atoms with E-state index in [1.165, 1.54) is 14.0 Å². The van der Waals surface area contributed by atoms with Gasteiger partial charge in [-0.2, -0.15) is 0 Å². The van der Waals surface area contributed by atoms with Crippen LogP contribution in [0.3, 0.4) is 0 Å². The van der Waals surface area contributed by atoms with E-state index in [-0.39, 0.29) is 17.9 Å². The molecule has 0 unspecified atom stereocenters. The molecule has 0 amide bonds. The van der Waals surface area contributed by atoms with Gasteiger partial charge in [0, 0.05) is 6.20 Å². The summed E-state index contributed by atoms with van der Waals surface area (Å²) in [6.07, 6.45) is 1.84. The second-order valence-electron chi connectivity index (χ2n) is 3.82. The maximum atomic E-state index is 11.6. The van der Waals surface area contributed by atoms with E-state index in [4.69, 9.17) is 11.6 Å². The summed E-state index contributed by atoms with van der Waals surface area (Å²) in [6.45, 7) is 1.46. The van der Waals surface area contributed by atoms with Crippen LogP contribution in [0.1, 0.15) is 23.2 Å². The molecule has 6 heteroatoms. The molecule has 2 aromatic heterocycles. The summed E-state index contributed by atoms with van der Waals surface area (Å²) < 4.78 is 6.29. The maximum Gasteiger partial charge on any atom is 0.358 e. The topological polar surface area (TPSA) is 60.7 Å². The van der Waals surface area contributed by atoms with Crippen LogP contribution in [-0.2, 0) is 16.0 Å². The van der Waals surface area contributed by atoms with Gasteiger partial charge in [-0.25, -0.2) is 9.78 Å². The van der Waals surface area contributed by atoms with Crippen LogP contribution in [0.5, 0.6) is 0 Å². The summed E-state index contributed by atoms with van der Waals surface area (Å²) in [5, 5.41) is 0.389. The lowest BCUT2D eigenvalue weighted by Crippen LogP contribution is -2.03. The van der Waals surface area contributed by atoms with E-state index in [1.54, 1.807) is 22.7 Å². The number of ketones is 1. The van der Waals surface area contributed by atoms with Crippen molar-refractivity contribution in [3.05, 3.63) is 34.9 Å². The van der Waals surface area contributed by atoms with Crippen LogP contribution in [0.25, 0.3) is 5.52 Å². The first-order valence-electron chi connectivity index (χ1n) is 5.27. The molecule has 18 heavy (non-hydrogen) atoms. The molecule has 0 atom stereocenters.